The Morgan fingerprint density at radius 2 is 0.723 bits per heavy atom. The molecule has 0 saturated heterocycles. The molecule has 5 nitrogen and oxygen atoms in total. The highest BCUT2D eigenvalue weighted by atomic mass is 16.5. The minimum atomic E-state index is 0.0516. The summed E-state index contributed by atoms with van der Waals surface area (Å²) in [6.07, 6.45) is 47.3. The Morgan fingerprint density at radius 3 is 1.08 bits per heavy atom. The van der Waals surface area contributed by atoms with E-state index in [1.54, 1.807) is 0 Å². The minimum Gasteiger partial charge on any atom is -0.365 e. The third-order valence-electron chi connectivity index (χ3n) is 15.4. The van der Waals surface area contributed by atoms with E-state index < -0.39 is 0 Å². The van der Waals surface area contributed by atoms with Crippen LogP contribution in [0.2, 0.25) is 0 Å². The Morgan fingerprint density at radius 1 is 0.400 bits per heavy atom. The van der Waals surface area contributed by atoms with Gasteiger partial charge in [0.05, 0.1) is 12.2 Å². The van der Waals surface area contributed by atoms with Crippen LogP contribution >= 0.6 is 0 Å². The van der Waals surface area contributed by atoms with Gasteiger partial charge in [0, 0.05) is 35.9 Å². The number of nitrogens with zero attached hydrogens (tertiary/aromatic N) is 4. The van der Waals surface area contributed by atoms with E-state index in [1.807, 2.05) is 0 Å². The molecule has 2 atom stereocenters. The topological polar surface area (TPSA) is 60.8 Å². The number of aryl methyl sites for hydroxylation is 2. The molecule has 0 spiro atoms. The van der Waals surface area contributed by atoms with Crippen molar-refractivity contribution in [2.75, 3.05) is 0 Å². The predicted octanol–water partition coefficient (Wildman–Crippen LogP) is 18.0. The Labute approximate surface area is 397 Å². The molecule has 6 rings (SSSR count). The van der Waals surface area contributed by atoms with Crippen molar-refractivity contribution in [3.05, 3.63) is 95.6 Å². The Bertz CT molecular complexity index is 1670. The summed E-state index contributed by atoms with van der Waals surface area (Å²) in [5.41, 5.74) is 7.30. The maximum Gasteiger partial charge on any atom is 0.159 e. The van der Waals surface area contributed by atoms with Gasteiger partial charge in [0.1, 0.15) is 0 Å². The number of benzene rings is 2. The number of rotatable bonds is 30. The van der Waals surface area contributed by atoms with Gasteiger partial charge < -0.3 is 4.74 Å². The van der Waals surface area contributed by atoms with Gasteiger partial charge in [0.2, 0.25) is 0 Å². The molecule has 2 aromatic carbocycles. The number of hydrogen-bond donors (Lipinski definition) is 0. The first-order valence-electron chi connectivity index (χ1n) is 27.6. The summed E-state index contributed by atoms with van der Waals surface area (Å²) >= 11 is 0. The molecule has 4 aromatic rings. The van der Waals surface area contributed by atoms with Crippen molar-refractivity contribution in [1.29, 1.82) is 0 Å². The maximum absolute atomic E-state index is 7.77. The highest BCUT2D eigenvalue weighted by molar-refractivity contribution is 5.56. The summed E-state index contributed by atoms with van der Waals surface area (Å²) in [5, 5.41) is 0. The van der Waals surface area contributed by atoms with Gasteiger partial charge in [-0.25, -0.2) is 19.9 Å². The summed E-state index contributed by atoms with van der Waals surface area (Å²) in [5.74, 6) is 4.38. The average molecular weight is 883 g/mol. The zero-order valence-electron chi connectivity index (χ0n) is 41.8. The van der Waals surface area contributed by atoms with E-state index in [-0.39, 0.29) is 12.2 Å². The highest BCUT2D eigenvalue weighted by Crippen LogP contribution is 2.47. The van der Waals surface area contributed by atoms with E-state index in [9.17, 15) is 0 Å². The van der Waals surface area contributed by atoms with Crippen molar-refractivity contribution in [2.45, 2.75) is 233 Å². The number of ether oxygens (including phenoxy) is 1. The molecular formula is C60H90N4O. The fourth-order valence-electron chi connectivity index (χ4n) is 11.1. The first-order valence-corrected chi connectivity index (χ1v) is 27.6. The number of hydrogen-bond acceptors (Lipinski definition) is 5. The molecule has 0 radical (unpaired) electrons. The lowest BCUT2D eigenvalue weighted by Crippen LogP contribution is -2.28. The molecule has 0 amide bonds. The molecule has 2 aliphatic carbocycles. The van der Waals surface area contributed by atoms with E-state index in [0.29, 0.717) is 11.8 Å². The third-order valence-corrected chi connectivity index (χ3v) is 15.4. The fourth-order valence-corrected chi connectivity index (χ4v) is 11.1. The summed E-state index contributed by atoms with van der Waals surface area (Å²) in [6.45, 7) is 9.22. The second-order valence-corrected chi connectivity index (χ2v) is 20.6. The van der Waals surface area contributed by atoms with Crippen LogP contribution in [-0.4, -0.2) is 19.9 Å². The molecule has 2 saturated carbocycles. The molecule has 65 heavy (non-hydrogen) atoms. The Kier molecular flexibility index (Phi) is 23.0. The second kappa shape index (κ2) is 29.3. The molecule has 356 valence electrons. The zero-order chi connectivity index (χ0) is 45.3. The average Bonchev–Trinajstić information content (AvgIpc) is 3.35. The quantitative estimate of drug-likeness (QED) is 0.0488. The molecule has 0 bridgehead atoms. The van der Waals surface area contributed by atoms with Gasteiger partial charge in [-0.05, 0) is 97.3 Å². The molecule has 2 heterocycles. The minimum absolute atomic E-state index is 0.0516. The molecule has 2 unspecified atom stereocenters. The maximum atomic E-state index is 7.77. The van der Waals surface area contributed by atoms with Crippen molar-refractivity contribution >= 4 is 0 Å². The molecule has 2 fully saturated rings. The van der Waals surface area contributed by atoms with E-state index in [0.717, 1.165) is 47.5 Å². The Hall–Kier alpha value is -3.44. The molecule has 2 aromatic heterocycles. The summed E-state index contributed by atoms with van der Waals surface area (Å²) < 4.78 is 7.77. The van der Waals surface area contributed by atoms with E-state index in [2.05, 4.69) is 101 Å². The number of unbranched alkanes of at least 4 members (excludes halogenated alkanes) is 14. The van der Waals surface area contributed by atoms with Crippen molar-refractivity contribution in [3.8, 4) is 22.8 Å². The van der Waals surface area contributed by atoms with Gasteiger partial charge in [-0.15, -0.1) is 0 Å². The molecule has 5 heteroatoms. The lowest BCUT2D eigenvalue weighted by atomic mass is 9.74. The Balaban J connectivity index is 1.20. The first-order chi connectivity index (χ1) is 32.1. The van der Waals surface area contributed by atoms with Crippen LogP contribution in [0.25, 0.3) is 22.8 Å². The van der Waals surface area contributed by atoms with Crippen molar-refractivity contribution in [1.82, 2.24) is 19.9 Å². The first kappa shape index (κ1) is 51.0. The summed E-state index contributed by atoms with van der Waals surface area (Å²) in [4.78, 5) is 19.5. The third kappa shape index (κ3) is 17.0. The highest BCUT2D eigenvalue weighted by Gasteiger charge is 2.36. The van der Waals surface area contributed by atoms with Gasteiger partial charge >= 0.3 is 0 Å². The molecule has 0 aliphatic heterocycles. The SMILES string of the molecule is CCCCCCCCc1cnc(-c2ccc(C(OC(c3ccc(-c4ncc(CCCCCCCC)cn4)cc3)C3CCC(CCCCC)CC3)C3CCC(CCCCC)CC3)cc2)nc1. The lowest BCUT2D eigenvalue weighted by Gasteiger charge is -2.40. The lowest BCUT2D eigenvalue weighted by molar-refractivity contribution is -0.0907. The van der Waals surface area contributed by atoms with Crippen LogP contribution < -0.4 is 0 Å². The smallest absolute Gasteiger partial charge is 0.159 e. The van der Waals surface area contributed by atoms with Crippen molar-refractivity contribution in [2.24, 2.45) is 23.7 Å². The van der Waals surface area contributed by atoms with Crippen LogP contribution in [0.1, 0.15) is 242 Å². The summed E-state index contributed by atoms with van der Waals surface area (Å²) in [6, 6.07) is 18.4. The largest absolute Gasteiger partial charge is 0.365 e. The van der Waals surface area contributed by atoms with Crippen LogP contribution in [0.15, 0.2) is 73.3 Å². The second-order valence-electron chi connectivity index (χ2n) is 20.6. The fraction of sp³-hybridized carbons (Fsp3) is 0.667. The number of aromatic nitrogens is 4. The van der Waals surface area contributed by atoms with Gasteiger partial charge in [0.15, 0.2) is 11.6 Å². The van der Waals surface area contributed by atoms with Crippen LogP contribution in [0, 0.1) is 23.7 Å². The van der Waals surface area contributed by atoms with Crippen LogP contribution in [-0.2, 0) is 17.6 Å². The van der Waals surface area contributed by atoms with Gasteiger partial charge in [-0.3, -0.25) is 0 Å². The van der Waals surface area contributed by atoms with Gasteiger partial charge in [-0.2, -0.15) is 0 Å². The van der Waals surface area contributed by atoms with E-state index in [4.69, 9.17) is 24.7 Å². The van der Waals surface area contributed by atoms with Crippen LogP contribution in [0.5, 0.6) is 0 Å². The van der Waals surface area contributed by atoms with Crippen molar-refractivity contribution < 1.29 is 4.74 Å². The van der Waals surface area contributed by atoms with Gasteiger partial charge in [0.25, 0.3) is 0 Å². The molecular weight excluding hydrogens is 793 g/mol. The predicted molar refractivity (Wildman–Crippen MR) is 275 cm³/mol. The summed E-state index contributed by atoms with van der Waals surface area (Å²) in [7, 11) is 0. The zero-order valence-corrected chi connectivity index (χ0v) is 41.8. The molecule has 0 N–H and O–H groups in total. The van der Waals surface area contributed by atoms with Crippen molar-refractivity contribution in [3.63, 3.8) is 0 Å². The monoisotopic (exact) mass is 883 g/mol. The van der Waals surface area contributed by atoms with E-state index in [1.165, 1.54) is 202 Å². The van der Waals surface area contributed by atoms with E-state index >= 15 is 0 Å². The standard InChI is InChI=1S/C60H90N4O/c1-5-9-13-15-17-21-25-49-43-61-59(62-44-49)55-39-35-53(36-40-55)57(51-31-27-47(28-32-51)23-19-11-7-3)65-58(52-33-29-48(30-34-52)24-20-12-8-4)54-37-41-56(42-38-54)60-63-45-50(46-64-60)26-22-18-16-14-10-6-2/h35-48,51-52,57-58H,5-34H2,1-4H3. The van der Waals surface area contributed by atoms with Gasteiger partial charge in [-0.1, -0.05) is 217 Å². The normalized spacial score (nSPS) is 19.9. The van der Waals surface area contributed by atoms with Crippen LogP contribution in [0.4, 0.5) is 0 Å². The molecule has 2 aliphatic rings. The van der Waals surface area contributed by atoms with Crippen LogP contribution in [0.3, 0.4) is 0 Å².